The number of ether oxygens (including phenoxy) is 1. The van der Waals surface area contributed by atoms with Crippen molar-refractivity contribution in [2.45, 2.75) is 45.6 Å². The third-order valence-electron chi connectivity index (χ3n) is 5.22. The number of fused-ring (bicyclic) bond motifs is 1. The molecule has 0 atom stereocenters. The summed E-state index contributed by atoms with van der Waals surface area (Å²) in [6.07, 6.45) is 6.14. The number of aryl methyl sites for hydroxylation is 3. The molecule has 5 nitrogen and oxygen atoms in total. The first kappa shape index (κ1) is 22.9. The van der Waals surface area contributed by atoms with Crippen LogP contribution in [0.4, 0.5) is 0 Å². The van der Waals surface area contributed by atoms with Gasteiger partial charge >= 0.3 is 0 Å². The van der Waals surface area contributed by atoms with E-state index in [2.05, 4.69) is 34.7 Å². The number of para-hydroxylation sites is 2. The molecule has 0 fully saturated rings. The Hall–Kier alpha value is -2.79. The van der Waals surface area contributed by atoms with Crippen LogP contribution in [0.3, 0.4) is 0 Å². The largest absolute Gasteiger partial charge is 0.494 e. The number of imidazole rings is 1. The summed E-state index contributed by atoms with van der Waals surface area (Å²) in [6, 6.07) is 14.0. The monoisotopic (exact) mass is 439 g/mol. The predicted molar refractivity (Wildman–Crippen MR) is 127 cm³/mol. The highest BCUT2D eigenvalue weighted by atomic mass is 35.5. The maximum atomic E-state index is 11.2. The summed E-state index contributed by atoms with van der Waals surface area (Å²) in [6.45, 7) is 7.62. The molecule has 1 aromatic heterocycles. The van der Waals surface area contributed by atoms with Crippen molar-refractivity contribution in [1.82, 2.24) is 14.9 Å². The zero-order valence-electron chi connectivity index (χ0n) is 18.1. The molecule has 0 radical (unpaired) electrons. The number of unbranched alkanes of at least 4 members (excludes halogenated alkanes) is 2. The minimum atomic E-state index is -0.113. The Morgan fingerprint density at radius 1 is 1.19 bits per heavy atom. The number of benzene rings is 2. The number of halogens is 1. The highest BCUT2D eigenvalue weighted by Crippen LogP contribution is 2.22. The average Bonchev–Trinajstić information content (AvgIpc) is 3.13. The lowest BCUT2D eigenvalue weighted by Gasteiger charge is -2.11. The van der Waals surface area contributed by atoms with Gasteiger partial charge in [-0.3, -0.25) is 4.79 Å². The number of hydrogen-bond donors (Lipinski definition) is 1. The summed E-state index contributed by atoms with van der Waals surface area (Å²) < 4.78 is 8.22. The summed E-state index contributed by atoms with van der Waals surface area (Å²) >= 11 is 6.08. The molecule has 31 heavy (non-hydrogen) atoms. The van der Waals surface area contributed by atoms with Gasteiger partial charge < -0.3 is 14.6 Å². The van der Waals surface area contributed by atoms with Gasteiger partial charge in [0.25, 0.3) is 0 Å². The van der Waals surface area contributed by atoms with E-state index in [4.69, 9.17) is 21.3 Å². The maximum absolute atomic E-state index is 11.2. The minimum Gasteiger partial charge on any atom is -0.494 e. The van der Waals surface area contributed by atoms with Gasteiger partial charge in [0.15, 0.2) is 0 Å². The Kier molecular flexibility index (Phi) is 8.53. The zero-order chi connectivity index (χ0) is 22.1. The van der Waals surface area contributed by atoms with E-state index in [9.17, 15) is 4.79 Å². The van der Waals surface area contributed by atoms with Crippen LogP contribution in [0.5, 0.6) is 5.75 Å². The van der Waals surface area contributed by atoms with Gasteiger partial charge in [-0.15, -0.1) is 0 Å². The van der Waals surface area contributed by atoms with Gasteiger partial charge in [-0.25, -0.2) is 4.98 Å². The van der Waals surface area contributed by atoms with Gasteiger partial charge in [-0.2, -0.15) is 0 Å². The molecule has 0 saturated heterocycles. The summed E-state index contributed by atoms with van der Waals surface area (Å²) in [5, 5.41) is 3.57. The van der Waals surface area contributed by atoms with E-state index in [1.54, 1.807) is 0 Å². The Balaban J connectivity index is 1.53. The number of hydrogen-bond acceptors (Lipinski definition) is 3. The Bertz CT molecular complexity index is 1030. The third-order valence-corrected chi connectivity index (χ3v) is 5.64. The standard InChI is InChI=1S/C25H30ClN3O2/c1-3-25(30)27-15-8-4-5-12-24-28-22-10-6-7-11-23(22)29(24)16-9-17-31-20-13-14-21(26)19(2)18-20/h3,6-7,10-11,13-14,18H,1,4-5,8-9,12,15-17H2,2H3,(H,27,30). The van der Waals surface area contributed by atoms with E-state index in [0.29, 0.717) is 13.2 Å². The molecule has 1 amide bonds. The Labute approximate surface area is 189 Å². The van der Waals surface area contributed by atoms with Crippen LogP contribution in [-0.4, -0.2) is 28.6 Å². The van der Waals surface area contributed by atoms with Crippen molar-refractivity contribution in [3.8, 4) is 5.75 Å². The van der Waals surface area contributed by atoms with Gasteiger partial charge in [0.1, 0.15) is 11.6 Å². The molecule has 2 aromatic carbocycles. The number of carbonyl (C=O) groups excluding carboxylic acids is 1. The van der Waals surface area contributed by atoms with Crippen LogP contribution >= 0.6 is 11.6 Å². The number of nitrogens with one attached hydrogen (secondary N) is 1. The number of carbonyl (C=O) groups is 1. The number of amides is 1. The number of nitrogens with zero attached hydrogens (tertiary/aromatic N) is 2. The molecule has 0 aliphatic carbocycles. The summed E-state index contributed by atoms with van der Waals surface area (Å²) in [4.78, 5) is 16.1. The lowest BCUT2D eigenvalue weighted by Crippen LogP contribution is -2.21. The molecular formula is C25H30ClN3O2. The second kappa shape index (κ2) is 11.6. The average molecular weight is 440 g/mol. The van der Waals surface area contributed by atoms with E-state index in [1.807, 2.05) is 31.2 Å². The van der Waals surface area contributed by atoms with Crippen molar-refractivity contribution in [2.75, 3.05) is 13.2 Å². The molecule has 0 aliphatic heterocycles. The fourth-order valence-corrected chi connectivity index (χ4v) is 3.67. The molecule has 164 valence electrons. The van der Waals surface area contributed by atoms with Crippen LogP contribution in [0.2, 0.25) is 5.02 Å². The SMILES string of the molecule is C=CC(=O)NCCCCCc1nc2ccccc2n1CCCOc1ccc(Cl)c(C)c1. The first-order valence-corrected chi connectivity index (χ1v) is 11.2. The van der Waals surface area contributed by atoms with Crippen molar-refractivity contribution >= 4 is 28.5 Å². The first-order valence-electron chi connectivity index (χ1n) is 10.8. The fourth-order valence-electron chi connectivity index (χ4n) is 3.55. The van der Waals surface area contributed by atoms with Crippen LogP contribution in [0, 0.1) is 6.92 Å². The molecule has 0 bridgehead atoms. The minimum absolute atomic E-state index is 0.113. The van der Waals surface area contributed by atoms with Crippen LogP contribution in [0.15, 0.2) is 55.1 Å². The first-order chi connectivity index (χ1) is 15.1. The third kappa shape index (κ3) is 6.59. The van der Waals surface area contributed by atoms with Crippen molar-refractivity contribution in [3.63, 3.8) is 0 Å². The Morgan fingerprint density at radius 3 is 2.84 bits per heavy atom. The molecule has 1 heterocycles. The highest BCUT2D eigenvalue weighted by Gasteiger charge is 2.10. The van der Waals surface area contributed by atoms with Crippen molar-refractivity contribution < 1.29 is 9.53 Å². The Morgan fingerprint density at radius 2 is 2.03 bits per heavy atom. The summed E-state index contributed by atoms with van der Waals surface area (Å²) in [5.74, 6) is 1.84. The van der Waals surface area contributed by atoms with Gasteiger partial charge in [-0.05, 0) is 68.2 Å². The molecule has 0 spiro atoms. The highest BCUT2D eigenvalue weighted by molar-refractivity contribution is 6.31. The maximum Gasteiger partial charge on any atom is 0.243 e. The molecular weight excluding hydrogens is 410 g/mol. The quantitative estimate of drug-likeness (QED) is 0.300. The zero-order valence-corrected chi connectivity index (χ0v) is 18.8. The molecule has 0 saturated carbocycles. The lowest BCUT2D eigenvalue weighted by molar-refractivity contribution is -0.116. The second-order valence-electron chi connectivity index (χ2n) is 7.59. The van der Waals surface area contributed by atoms with Crippen molar-refractivity contribution in [2.24, 2.45) is 0 Å². The van der Waals surface area contributed by atoms with Gasteiger partial charge in [-0.1, -0.05) is 36.7 Å². The lowest BCUT2D eigenvalue weighted by atomic mass is 10.2. The number of rotatable bonds is 12. The van der Waals surface area contributed by atoms with Crippen LogP contribution in [0.1, 0.15) is 37.1 Å². The van der Waals surface area contributed by atoms with Gasteiger partial charge in [0.05, 0.1) is 17.6 Å². The second-order valence-corrected chi connectivity index (χ2v) is 7.99. The topological polar surface area (TPSA) is 56.2 Å². The van der Waals surface area contributed by atoms with E-state index < -0.39 is 0 Å². The summed E-state index contributed by atoms with van der Waals surface area (Å²) in [7, 11) is 0. The normalized spacial score (nSPS) is 10.9. The predicted octanol–water partition coefficient (Wildman–Crippen LogP) is 5.48. The van der Waals surface area contributed by atoms with E-state index in [-0.39, 0.29) is 5.91 Å². The van der Waals surface area contributed by atoms with Crippen LogP contribution in [0.25, 0.3) is 11.0 Å². The smallest absolute Gasteiger partial charge is 0.243 e. The molecule has 0 aliphatic rings. The molecule has 3 rings (SSSR count). The molecule has 6 heteroatoms. The fraction of sp³-hybridized carbons (Fsp3) is 0.360. The molecule has 1 N–H and O–H groups in total. The van der Waals surface area contributed by atoms with Crippen molar-refractivity contribution in [3.05, 3.63) is 71.5 Å². The molecule has 0 unspecified atom stereocenters. The van der Waals surface area contributed by atoms with Crippen molar-refractivity contribution in [1.29, 1.82) is 0 Å². The number of aromatic nitrogens is 2. The van der Waals surface area contributed by atoms with Gasteiger partial charge in [0.2, 0.25) is 5.91 Å². The van der Waals surface area contributed by atoms with E-state index in [0.717, 1.165) is 71.8 Å². The molecule has 3 aromatic rings. The van der Waals surface area contributed by atoms with E-state index >= 15 is 0 Å². The van der Waals surface area contributed by atoms with Crippen LogP contribution in [-0.2, 0) is 17.8 Å². The van der Waals surface area contributed by atoms with Crippen LogP contribution < -0.4 is 10.1 Å². The summed E-state index contributed by atoms with van der Waals surface area (Å²) in [5.41, 5.74) is 3.22. The van der Waals surface area contributed by atoms with E-state index in [1.165, 1.54) is 6.08 Å². The van der Waals surface area contributed by atoms with Gasteiger partial charge in [0, 0.05) is 24.5 Å².